The fourth-order valence-corrected chi connectivity index (χ4v) is 0.174. The zero-order valence-corrected chi connectivity index (χ0v) is 6.47. The van der Waals surface area contributed by atoms with E-state index in [0.717, 1.165) is 0 Å². The van der Waals surface area contributed by atoms with Crippen LogP contribution in [0.3, 0.4) is 0 Å². The predicted octanol–water partition coefficient (Wildman–Crippen LogP) is 1.27. The van der Waals surface area contributed by atoms with Crippen LogP contribution in [-0.2, 0) is 9.53 Å². The minimum Gasteiger partial charge on any atom is -0.466 e. The van der Waals surface area contributed by atoms with Crippen molar-refractivity contribution in [3.05, 3.63) is 12.2 Å². The first-order valence-corrected chi connectivity index (χ1v) is 2.64. The minimum atomic E-state index is -0.347. The van der Waals surface area contributed by atoms with Crippen molar-refractivity contribution in [1.29, 1.82) is 5.26 Å². The molecule has 0 heterocycles. The molecule has 0 unspecified atom stereocenters. The molecule has 0 saturated carbocycles. The molecular weight excluding hydrogens is 130 g/mol. The molecule has 10 heavy (non-hydrogen) atoms. The quantitative estimate of drug-likeness (QED) is 0.408. The molecule has 0 aliphatic heterocycles. The second-order valence-corrected chi connectivity index (χ2v) is 1.50. The number of hydrogen-bond acceptors (Lipinski definition) is 3. The van der Waals surface area contributed by atoms with Gasteiger partial charge in [0, 0.05) is 12.5 Å². The van der Waals surface area contributed by atoms with Gasteiger partial charge < -0.3 is 4.74 Å². The molecule has 0 N–H and O–H groups in total. The first-order chi connectivity index (χ1) is 4.59. The molecule has 0 aliphatic carbocycles. The second kappa shape index (κ2) is 7.70. The Morgan fingerprint density at radius 1 is 1.70 bits per heavy atom. The van der Waals surface area contributed by atoms with Crippen LogP contribution in [0.4, 0.5) is 0 Å². The highest BCUT2D eigenvalue weighted by molar-refractivity contribution is 5.86. The third-order valence-electron chi connectivity index (χ3n) is 0.534. The van der Waals surface area contributed by atoms with Crippen LogP contribution < -0.4 is 0 Å². The summed E-state index contributed by atoms with van der Waals surface area (Å²) in [6.07, 6.45) is 0. The van der Waals surface area contributed by atoms with Crippen LogP contribution in [0.1, 0.15) is 13.8 Å². The lowest BCUT2D eigenvalue weighted by atomic mass is 10.4. The maximum atomic E-state index is 10.2. The second-order valence-electron chi connectivity index (χ2n) is 1.50. The molecule has 0 spiro atoms. The Morgan fingerprint density at radius 3 is 2.00 bits per heavy atom. The average Bonchev–Trinajstić information content (AvgIpc) is 1.88. The van der Waals surface area contributed by atoms with Crippen LogP contribution in [0.15, 0.2) is 12.2 Å². The van der Waals surface area contributed by atoms with E-state index >= 15 is 0 Å². The van der Waals surface area contributed by atoms with Crippen molar-refractivity contribution >= 4 is 5.97 Å². The van der Waals surface area contributed by atoms with Gasteiger partial charge in [0.25, 0.3) is 0 Å². The Kier molecular flexibility index (Phi) is 8.85. The lowest BCUT2D eigenvalue weighted by Gasteiger charge is -1.91. The minimum absolute atomic E-state index is 0.347. The number of methoxy groups -OCH3 is 1. The molecule has 0 amide bonds. The highest BCUT2D eigenvalue weighted by Crippen LogP contribution is 1.87. The van der Waals surface area contributed by atoms with Gasteiger partial charge in [-0.1, -0.05) is 6.58 Å². The lowest BCUT2D eigenvalue weighted by Crippen LogP contribution is -1.98. The van der Waals surface area contributed by atoms with E-state index in [4.69, 9.17) is 5.26 Å². The maximum absolute atomic E-state index is 10.2. The van der Waals surface area contributed by atoms with Crippen molar-refractivity contribution in [2.45, 2.75) is 13.8 Å². The summed E-state index contributed by atoms with van der Waals surface area (Å²) in [7, 11) is 1.33. The highest BCUT2D eigenvalue weighted by atomic mass is 16.5. The number of hydrogen-bond donors (Lipinski definition) is 0. The monoisotopic (exact) mass is 141 g/mol. The number of nitriles is 1. The fraction of sp³-hybridized carbons (Fsp3) is 0.429. The summed E-state index contributed by atoms with van der Waals surface area (Å²) in [5.74, 6) is -0.347. The van der Waals surface area contributed by atoms with Gasteiger partial charge in [-0.05, 0) is 6.92 Å². The Balaban J connectivity index is 0. The Labute approximate surface area is 60.9 Å². The molecular formula is C7H11NO2. The highest BCUT2D eigenvalue weighted by Gasteiger charge is 1.95. The van der Waals surface area contributed by atoms with Crippen LogP contribution in [0.2, 0.25) is 0 Å². The standard InChI is InChI=1S/C5H8O2.C2H3N/c1-4(2)5(6)7-3;1-2-3/h1H2,2-3H3;1H3. The average molecular weight is 141 g/mol. The van der Waals surface area contributed by atoms with Gasteiger partial charge in [0.05, 0.1) is 13.2 Å². The van der Waals surface area contributed by atoms with Crippen LogP contribution in [0, 0.1) is 11.3 Å². The van der Waals surface area contributed by atoms with E-state index in [1.807, 2.05) is 0 Å². The van der Waals surface area contributed by atoms with E-state index in [-0.39, 0.29) is 5.97 Å². The smallest absolute Gasteiger partial charge is 0.332 e. The number of esters is 1. The van der Waals surface area contributed by atoms with Gasteiger partial charge >= 0.3 is 5.97 Å². The molecule has 3 nitrogen and oxygen atoms in total. The zero-order chi connectivity index (χ0) is 8.57. The Morgan fingerprint density at radius 2 is 2.00 bits per heavy atom. The Bertz CT molecular complexity index is 155. The molecule has 0 aromatic carbocycles. The third kappa shape index (κ3) is 9.85. The molecule has 0 saturated heterocycles. The number of rotatable bonds is 1. The summed E-state index contributed by atoms with van der Waals surface area (Å²) in [6.45, 7) is 6.38. The number of carbonyl (C=O) groups excluding carboxylic acids is 1. The number of carbonyl (C=O) groups is 1. The third-order valence-corrected chi connectivity index (χ3v) is 0.534. The van der Waals surface area contributed by atoms with E-state index in [9.17, 15) is 4.79 Å². The lowest BCUT2D eigenvalue weighted by molar-refractivity contribution is -0.136. The normalized spacial score (nSPS) is 6.20. The van der Waals surface area contributed by atoms with Crippen LogP contribution in [0.25, 0.3) is 0 Å². The summed E-state index contributed by atoms with van der Waals surface area (Å²) < 4.78 is 4.27. The van der Waals surface area contributed by atoms with Crippen molar-refractivity contribution in [1.82, 2.24) is 0 Å². The van der Waals surface area contributed by atoms with Crippen molar-refractivity contribution in [2.24, 2.45) is 0 Å². The molecule has 0 aromatic rings. The zero-order valence-electron chi connectivity index (χ0n) is 6.47. The summed E-state index contributed by atoms with van der Waals surface area (Å²) in [6, 6.07) is 1.75. The van der Waals surface area contributed by atoms with Gasteiger partial charge in [-0.3, -0.25) is 0 Å². The largest absolute Gasteiger partial charge is 0.466 e. The van der Waals surface area contributed by atoms with Crippen LogP contribution >= 0.6 is 0 Å². The van der Waals surface area contributed by atoms with E-state index in [1.54, 1.807) is 13.0 Å². The van der Waals surface area contributed by atoms with Crippen LogP contribution in [0.5, 0.6) is 0 Å². The first kappa shape index (κ1) is 11.5. The van der Waals surface area contributed by atoms with Crippen molar-refractivity contribution in [2.75, 3.05) is 7.11 Å². The number of ether oxygens (including phenoxy) is 1. The van der Waals surface area contributed by atoms with Crippen molar-refractivity contribution in [3.8, 4) is 6.07 Å². The van der Waals surface area contributed by atoms with E-state index in [0.29, 0.717) is 5.57 Å². The predicted molar refractivity (Wildman–Crippen MR) is 38.1 cm³/mol. The molecule has 0 bridgehead atoms. The summed E-state index contributed by atoms with van der Waals surface area (Å²) >= 11 is 0. The van der Waals surface area contributed by atoms with Crippen LogP contribution in [-0.4, -0.2) is 13.1 Å². The first-order valence-electron chi connectivity index (χ1n) is 2.64. The summed E-state index contributed by atoms with van der Waals surface area (Å²) in [5, 5.41) is 7.32. The van der Waals surface area contributed by atoms with Gasteiger partial charge in [-0.15, -0.1) is 0 Å². The Hall–Kier alpha value is -1.30. The van der Waals surface area contributed by atoms with Gasteiger partial charge in [-0.2, -0.15) is 5.26 Å². The molecule has 3 heteroatoms. The van der Waals surface area contributed by atoms with E-state index in [2.05, 4.69) is 11.3 Å². The molecule has 0 fully saturated rings. The molecule has 0 rings (SSSR count). The fourth-order valence-electron chi connectivity index (χ4n) is 0.174. The van der Waals surface area contributed by atoms with Crippen molar-refractivity contribution in [3.63, 3.8) is 0 Å². The van der Waals surface area contributed by atoms with E-state index < -0.39 is 0 Å². The van der Waals surface area contributed by atoms with E-state index in [1.165, 1.54) is 14.0 Å². The molecule has 0 radical (unpaired) electrons. The maximum Gasteiger partial charge on any atom is 0.332 e. The SMILES string of the molecule is C=C(C)C(=O)OC.CC#N. The summed E-state index contributed by atoms with van der Waals surface area (Å²) in [5.41, 5.74) is 0.433. The molecule has 0 atom stereocenters. The molecule has 0 aromatic heterocycles. The van der Waals surface area contributed by atoms with Gasteiger partial charge in [-0.25, -0.2) is 4.79 Å². The van der Waals surface area contributed by atoms with Gasteiger partial charge in [0.1, 0.15) is 0 Å². The van der Waals surface area contributed by atoms with Crippen molar-refractivity contribution < 1.29 is 9.53 Å². The van der Waals surface area contributed by atoms with Gasteiger partial charge in [0.15, 0.2) is 0 Å². The number of nitrogens with zero attached hydrogens (tertiary/aromatic N) is 1. The molecule has 56 valence electrons. The van der Waals surface area contributed by atoms with Gasteiger partial charge in [0.2, 0.25) is 0 Å². The topological polar surface area (TPSA) is 50.1 Å². The molecule has 0 aliphatic rings. The summed E-state index contributed by atoms with van der Waals surface area (Å²) in [4.78, 5) is 10.2.